The van der Waals surface area contributed by atoms with E-state index in [1.165, 1.54) is 6.08 Å². The van der Waals surface area contributed by atoms with Gasteiger partial charge in [-0.05, 0) is 6.08 Å². The Hall–Kier alpha value is -1.61. The van der Waals surface area contributed by atoms with E-state index in [2.05, 4.69) is 13.2 Å². The predicted octanol–water partition coefficient (Wildman–Crippen LogP) is 0.831. The first-order chi connectivity index (χ1) is 5.76. The monoisotopic (exact) mass is 164 g/mol. The number of carbonyl (C=O) groups is 1. The van der Waals surface area contributed by atoms with Crippen LogP contribution in [0, 0.1) is 0 Å². The number of nitrogens with one attached hydrogen (secondary N) is 1. The molecule has 0 unspecified atom stereocenters. The minimum Gasteiger partial charge on any atom is -0.290 e. The van der Waals surface area contributed by atoms with Crippen LogP contribution in [0.15, 0.2) is 49.1 Å². The summed E-state index contributed by atoms with van der Waals surface area (Å²) < 4.78 is 0. The van der Waals surface area contributed by atoms with Crippen LogP contribution in [0.4, 0.5) is 0 Å². The zero-order valence-electron chi connectivity index (χ0n) is 6.79. The van der Waals surface area contributed by atoms with Crippen molar-refractivity contribution in [2.75, 3.05) is 0 Å². The van der Waals surface area contributed by atoms with Crippen LogP contribution in [0.25, 0.3) is 0 Å². The van der Waals surface area contributed by atoms with Gasteiger partial charge in [-0.3, -0.25) is 10.2 Å². The van der Waals surface area contributed by atoms with Crippen LogP contribution in [0.5, 0.6) is 0 Å². The molecule has 0 rings (SSSR count). The molecule has 64 valence electrons. The van der Waals surface area contributed by atoms with E-state index in [9.17, 15) is 4.79 Å². The molecular formula is C9H12N2O. The lowest BCUT2D eigenvalue weighted by Crippen LogP contribution is -2.30. The molecule has 0 atom stereocenters. The number of hydrogen-bond donors (Lipinski definition) is 2. The molecule has 3 heteroatoms. The van der Waals surface area contributed by atoms with E-state index in [1.54, 1.807) is 24.3 Å². The number of carbonyl (C=O) groups excluding carboxylic acids is 1. The number of allylic oxidation sites excluding steroid dienone is 4. The summed E-state index contributed by atoms with van der Waals surface area (Å²) in [5.41, 5.74) is 2.46. The SMILES string of the molecule is C=C/C=C\C(=C/C=C)C(=O)NN. The fourth-order valence-corrected chi connectivity index (χ4v) is 0.589. The fourth-order valence-electron chi connectivity index (χ4n) is 0.589. The van der Waals surface area contributed by atoms with Crippen molar-refractivity contribution in [2.24, 2.45) is 5.84 Å². The van der Waals surface area contributed by atoms with Crippen molar-refractivity contribution in [3.05, 3.63) is 49.1 Å². The molecule has 0 aliphatic carbocycles. The van der Waals surface area contributed by atoms with Crippen molar-refractivity contribution in [2.45, 2.75) is 0 Å². The lowest BCUT2D eigenvalue weighted by molar-refractivity contribution is -0.117. The Morgan fingerprint density at radius 1 is 1.33 bits per heavy atom. The quantitative estimate of drug-likeness (QED) is 0.212. The number of nitrogens with two attached hydrogens (primary N) is 1. The maximum Gasteiger partial charge on any atom is 0.265 e. The summed E-state index contributed by atoms with van der Waals surface area (Å²) in [5, 5.41) is 0. The highest BCUT2D eigenvalue weighted by Gasteiger charge is 2.00. The van der Waals surface area contributed by atoms with Crippen molar-refractivity contribution in [1.82, 2.24) is 5.43 Å². The van der Waals surface area contributed by atoms with Crippen molar-refractivity contribution in [1.29, 1.82) is 0 Å². The molecule has 0 spiro atoms. The van der Waals surface area contributed by atoms with Gasteiger partial charge in [0, 0.05) is 5.57 Å². The van der Waals surface area contributed by atoms with E-state index >= 15 is 0 Å². The van der Waals surface area contributed by atoms with Gasteiger partial charge in [-0.25, -0.2) is 5.84 Å². The first-order valence-corrected chi connectivity index (χ1v) is 3.39. The van der Waals surface area contributed by atoms with Gasteiger partial charge in [-0.15, -0.1) is 0 Å². The second kappa shape index (κ2) is 6.12. The summed E-state index contributed by atoms with van der Waals surface area (Å²) >= 11 is 0. The Bertz CT molecular complexity index is 239. The van der Waals surface area contributed by atoms with Crippen molar-refractivity contribution in [3.8, 4) is 0 Å². The summed E-state index contributed by atoms with van der Waals surface area (Å²) in [5.74, 6) is 4.59. The van der Waals surface area contributed by atoms with Crippen LogP contribution in [0.2, 0.25) is 0 Å². The molecule has 0 aliphatic rings. The molecule has 0 heterocycles. The highest BCUT2D eigenvalue weighted by atomic mass is 16.2. The topological polar surface area (TPSA) is 55.1 Å². The Balaban J connectivity index is 4.54. The van der Waals surface area contributed by atoms with Gasteiger partial charge in [-0.2, -0.15) is 0 Å². The fraction of sp³-hybridized carbons (Fsp3) is 0. The molecule has 0 saturated heterocycles. The van der Waals surface area contributed by atoms with Gasteiger partial charge >= 0.3 is 0 Å². The van der Waals surface area contributed by atoms with Gasteiger partial charge in [0.1, 0.15) is 0 Å². The van der Waals surface area contributed by atoms with Crippen molar-refractivity contribution in [3.63, 3.8) is 0 Å². The number of hydrogen-bond acceptors (Lipinski definition) is 2. The van der Waals surface area contributed by atoms with E-state index in [0.717, 1.165) is 0 Å². The van der Waals surface area contributed by atoms with Crippen LogP contribution >= 0.6 is 0 Å². The normalized spacial score (nSPS) is 11.2. The molecule has 0 radical (unpaired) electrons. The predicted molar refractivity (Wildman–Crippen MR) is 49.9 cm³/mol. The zero-order chi connectivity index (χ0) is 9.40. The van der Waals surface area contributed by atoms with Gasteiger partial charge in [-0.1, -0.05) is 37.5 Å². The minimum atomic E-state index is -0.354. The standard InChI is InChI=1S/C9H12N2O/c1-3-5-7-8(6-4-2)9(12)11-10/h3-7H,1-2,10H2,(H,11,12)/b7-5-,8-6+. The van der Waals surface area contributed by atoms with E-state index in [0.29, 0.717) is 5.57 Å². The van der Waals surface area contributed by atoms with Gasteiger partial charge in [0.15, 0.2) is 0 Å². The molecule has 0 aromatic heterocycles. The summed E-state index contributed by atoms with van der Waals surface area (Å²) in [6, 6.07) is 0. The maximum absolute atomic E-state index is 11.0. The molecular weight excluding hydrogens is 152 g/mol. The van der Waals surface area contributed by atoms with Crippen LogP contribution in [0.3, 0.4) is 0 Å². The smallest absolute Gasteiger partial charge is 0.265 e. The Labute approximate surface area is 71.9 Å². The molecule has 3 N–H and O–H groups in total. The first-order valence-electron chi connectivity index (χ1n) is 3.39. The third-order valence-electron chi connectivity index (χ3n) is 1.10. The average Bonchev–Trinajstić information content (AvgIpc) is 2.11. The van der Waals surface area contributed by atoms with Gasteiger partial charge in [0.25, 0.3) is 5.91 Å². The highest BCUT2D eigenvalue weighted by Crippen LogP contribution is 1.96. The Morgan fingerprint density at radius 2 is 2.00 bits per heavy atom. The summed E-state index contributed by atoms with van der Waals surface area (Å²) in [6.45, 7) is 6.94. The third kappa shape index (κ3) is 3.53. The van der Waals surface area contributed by atoms with Gasteiger partial charge in [0.2, 0.25) is 0 Å². The largest absolute Gasteiger partial charge is 0.290 e. The van der Waals surface area contributed by atoms with Crippen LogP contribution in [-0.4, -0.2) is 5.91 Å². The van der Waals surface area contributed by atoms with E-state index in [-0.39, 0.29) is 5.91 Å². The third-order valence-corrected chi connectivity index (χ3v) is 1.10. The van der Waals surface area contributed by atoms with Crippen molar-refractivity contribution >= 4 is 5.91 Å². The van der Waals surface area contributed by atoms with Crippen molar-refractivity contribution < 1.29 is 4.79 Å². The molecule has 0 bridgehead atoms. The minimum absolute atomic E-state index is 0.354. The van der Waals surface area contributed by atoms with Crippen LogP contribution in [0.1, 0.15) is 0 Å². The van der Waals surface area contributed by atoms with Crippen LogP contribution in [-0.2, 0) is 4.79 Å². The first kappa shape index (κ1) is 10.4. The molecule has 0 aromatic rings. The lowest BCUT2D eigenvalue weighted by Gasteiger charge is -1.97. The summed E-state index contributed by atoms with van der Waals surface area (Å²) in [6.07, 6.45) is 7.88. The molecule has 0 aromatic carbocycles. The number of amides is 1. The lowest BCUT2D eigenvalue weighted by atomic mass is 10.2. The zero-order valence-corrected chi connectivity index (χ0v) is 6.79. The average molecular weight is 164 g/mol. The summed E-state index contributed by atoms with van der Waals surface area (Å²) in [7, 11) is 0. The summed E-state index contributed by atoms with van der Waals surface area (Å²) in [4.78, 5) is 11.0. The van der Waals surface area contributed by atoms with Crippen LogP contribution < -0.4 is 11.3 Å². The Kier molecular flexibility index (Phi) is 5.30. The van der Waals surface area contributed by atoms with Gasteiger partial charge < -0.3 is 0 Å². The second-order valence-corrected chi connectivity index (χ2v) is 1.93. The Morgan fingerprint density at radius 3 is 2.42 bits per heavy atom. The molecule has 0 fully saturated rings. The number of rotatable bonds is 4. The highest BCUT2D eigenvalue weighted by molar-refractivity contribution is 5.96. The van der Waals surface area contributed by atoms with E-state index in [1.807, 2.05) is 5.43 Å². The number of hydrazine groups is 1. The molecule has 0 saturated carbocycles. The van der Waals surface area contributed by atoms with E-state index in [4.69, 9.17) is 5.84 Å². The molecule has 0 aliphatic heterocycles. The second-order valence-electron chi connectivity index (χ2n) is 1.93. The molecule has 1 amide bonds. The molecule has 3 nitrogen and oxygen atoms in total. The maximum atomic E-state index is 11.0. The van der Waals surface area contributed by atoms with Gasteiger partial charge in [0.05, 0.1) is 0 Å². The van der Waals surface area contributed by atoms with E-state index < -0.39 is 0 Å². The molecule has 12 heavy (non-hydrogen) atoms.